The Hall–Kier alpha value is -1.65. The number of nitrogens with one attached hydrogen (secondary N) is 1. The van der Waals surface area contributed by atoms with Crippen LogP contribution in [0.25, 0.3) is 0 Å². The average molecular weight is 289 g/mol. The molecular weight excluding hydrogens is 270 g/mol. The Kier molecular flexibility index (Phi) is 4.57. The maximum absolute atomic E-state index is 11.0. The van der Waals surface area contributed by atoms with Gasteiger partial charge in [-0.25, -0.2) is 4.79 Å². The molecule has 106 valence electrons. The largest absolute Gasteiger partial charge is 0.477 e. The van der Waals surface area contributed by atoms with E-state index in [0.29, 0.717) is 11.4 Å². The minimum Gasteiger partial charge on any atom is -0.477 e. The Labute approximate surface area is 123 Å². The molecule has 2 N–H and O–H groups in total. The highest BCUT2D eigenvalue weighted by Gasteiger charge is 2.12. The van der Waals surface area contributed by atoms with E-state index in [0.717, 1.165) is 10.4 Å². The van der Waals surface area contributed by atoms with Crippen molar-refractivity contribution >= 4 is 17.3 Å². The molecule has 2 aromatic rings. The molecule has 20 heavy (non-hydrogen) atoms. The second-order valence-electron chi connectivity index (χ2n) is 4.96. The molecule has 0 unspecified atom stereocenters. The van der Waals surface area contributed by atoms with Gasteiger partial charge in [0, 0.05) is 17.5 Å². The van der Waals surface area contributed by atoms with E-state index in [4.69, 9.17) is 5.11 Å². The monoisotopic (exact) mass is 289 g/mol. The zero-order chi connectivity index (χ0) is 14.7. The fourth-order valence-electron chi connectivity index (χ4n) is 2.25. The van der Waals surface area contributed by atoms with Gasteiger partial charge >= 0.3 is 5.97 Å². The summed E-state index contributed by atoms with van der Waals surface area (Å²) in [5.74, 6) is -0.851. The highest BCUT2D eigenvalue weighted by atomic mass is 32.1. The van der Waals surface area contributed by atoms with Crippen LogP contribution in [0, 0.1) is 13.8 Å². The first-order valence-electron chi connectivity index (χ1n) is 6.60. The summed E-state index contributed by atoms with van der Waals surface area (Å²) in [5.41, 5.74) is 3.60. The normalized spacial score (nSPS) is 12.3. The molecule has 1 atom stereocenters. The number of hydrogen-bond donors (Lipinski definition) is 2. The van der Waals surface area contributed by atoms with Gasteiger partial charge in [-0.15, -0.1) is 11.3 Å². The van der Waals surface area contributed by atoms with E-state index in [2.05, 4.69) is 31.3 Å². The van der Waals surface area contributed by atoms with E-state index in [-0.39, 0.29) is 6.04 Å². The van der Waals surface area contributed by atoms with E-state index in [1.54, 1.807) is 6.07 Å². The molecule has 0 saturated carbocycles. The van der Waals surface area contributed by atoms with Crippen molar-refractivity contribution in [3.8, 4) is 0 Å². The predicted octanol–water partition coefficient (Wildman–Crippen LogP) is 3.91. The Morgan fingerprint density at radius 3 is 2.65 bits per heavy atom. The van der Waals surface area contributed by atoms with Gasteiger partial charge in [-0.2, -0.15) is 0 Å². The summed E-state index contributed by atoms with van der Waals surface area (Å²) in [6.07, 6.45) is 0. The molecule has 2 rings (SSSR count). The molecule has 3 nitrogen and oxygen atoms in total. The SMILES string of the molecule is Cc1ccccc1[C@H](C)NCc1cc(C(=O)O)sc1C. The minimum atomic E-state index is -0.851. The van der Waals surface area contributed by atoms with Crippen LogP contribution < -0.4 is 5.32 Å². The number of rotatable bonds is 5. The fourth-order valence-corrected chi connectivity index (χ4v) is 3.13. The summed E-state index contributed by atoms with van der Waals surface area (Å²) < 4.78 is 0. The summed E-state index contributed by atoms with van der Waals surface area (Å²) in [6, 6.07) is 10.3. The van der Waals surface area contributed by atoms with E-state index in [1.807, 2.05) is 19.1 Å². The molecule has 0 aliphatic rings. The van der Waals surface area contributed by atoms with Gasteiger partial charge in [0.1, 0.15) is 4.88 Å². The lowest BCUT2D eigenvalue weighted by Crippen LogP contribution is -2.19. The third-order valence-electron chi connectivity index (χ3n) is 3.49. The van der Waals surface area contributed by atoms with Crippen molar-refractivity contribution in [2.75, 3.05) is 0 Å². The van der Waals surface area contributed by atoms with Crippen molar-refractivity contribution in [3.63, 3.8) is 0 Å². The van der Waals surface area contributed by atoms with Crippen LogP contribution in [0.2, 0.25) is 0 Å². The van der Waals surface area contributed by atoms with Crippen molar-refractivity contribution in [1.29, 1.82) is 0 Å². The maximum Gasteiger partial charge on any atom is 0.345 e. The highest BCUT2D eigenvalue weighted by molar-refractivity contribution is 7.14. The van der Waals surface area contributed by atoms with E-state index >= 15 is 0 Å². The number of carbonyl (C=O) groups is 1. The van der Waals surface area contributed by atoms with Crippen molar-refractivity contribution < 1.29 is 9.90 Å². The average Bonchev–Trinajstić information content (AvgIpc) is 2.78. The van der Waals surface area contributed by atoms with Gasteiger partial charge in [0.05, 0.1) is 0 Å². The number of aromatic carboxylic acids is 1. The molecule has 0 fully saturated rings. The lowest BCUT2D eigenvalue weighted by molar-refractivity contribution is 0.0702. The third-order valence-corrected chi connectivity index (χ3v) is 4.57. The Morgan fingerprint density at radius 2 is 2.05 bits per heavy atom. The third kappa shape index (κ3) is 3.26. The van der Waals surface area contributed by atoms with Gasteiger partial charge in [0.2, 0.25) is 0 Å². The van der Waals surface area contributed by atoms with Gasteiger partial charge < -0.3 is 10.4 Å². The van der Waals surface area contributed by atoms with Crippen LogP contribution in [0.4, 0.5) is 0 Å². The van der Waals surface area contributed by atoms with Crippen LogP contribution in [-0.4, -0.2) is 11.1 Å². The first kappa shape index (κ1) is 14.8. The smallest absolute Gasteiger partial charge is 0.345 e. The number of carboxylic acids is 1. The zero-order valence-corrected chi connectivity index (χ0v) is 12.8. The lowest BCUT2D eigenvalue weighted by Gasteiger charge is -2.16. The van der Waals surface area contributed by atoms with E-state index in [1.165, 1.54) is 22.5 Å². The van der Waals surface area contributed by atoms with Crippen molar-refractivity contribution in [2.24, 2.45) is 0 Å². The number of benzene rings is 1. The Balaban J connectivity index is 2.05. The van der Waals surface area contributed by atoms with Crippen LogP contribution >= 0.6 is 11.3 Å². The van der Waals surface area contributed by atoms with Gasteiger partial charge in [-0.05, 0) is 43.5 Å². The summed E-state index contributed by atoms with van der Waals surface area (Å²) in [4.78, 5) is 12.4. The molecule has 0 spiro atoms. The molecule has 0 saturated heterocycles. The molecule has 0 aliphatic heterocycles. The summed E-state index contributed by atoms with van der Waals surface area (Å²) in [6.45, 7) is 6.88. The summed E-state index contributed by atoms with van der Waals surface area (Å²) in [5, 5.41) is 12.5. The Morgan fingerprint density at radius 1 is 1.35 bits per heavy atom. The predicted molar refractivity (Wildman–Crippen MR) is 82.4 cm³/mol. The Bertz CT molecular complexity index is 619. The van der Waals surface area contributed by atoms with Crippen LogP contribution in [0.3, 0.4) is 0 Å². The van der Waals surface area contributed by atoms with Crippen molar-refractivity contribution in [1.82, 2.24) is 5.32 Å². The fraction of sp³-hybridized carbons (Fsp3) is 0.312. The van der Waals surface area contributed by atoms with Gasteiger partial charge in [-0.1, -0.05) is 24.3 Å². The second-order valence-corrected chi connectivity index (χ2v) is 6.21. The van der Waals surface area contributed by atoms with Gasteiger partial charge in [0.25, 0.3) is 0 Å². The van der Waals surface area contributed by atoms with Gasteiger partial charge in [-0.3, -0.25) is 0 Å². The molecule has 1 aromatic heterocycles. The number of aryl methyl sites for hydroxylation is 2. The minimum absolute atomic E-state index is 0.240. The van der Waals surface area contributed by atoms with Crippen molar-refractivity contribution in [3.05, 3.63) is 56.8 Å². The molecule has 0 amide bonds. The topological polar surface area (TPSA) is 49.3 Å². The molecule has 1 aromatic carbocycles. The molecule has 0 radical (unpaired) electrons. The molecular formula is C16H19NO2S. The maximum atomic E-state index is 11.0. The molecule has 1 heterocycles. The highest BCUT2D eigenvalue weighted by Crippen LogP contribution is 2.23. The van der Waals surface area contributed by atoms with Crippen LogP contribution in [0.15, 0.2) is 30.3 Å². The molecule has 4 heteroatoms. The number of thiophene rings is 1. The zero-order valence-electron chi connectivity index (χ0n) is 11.9. The second kappa shape index (κ2) is 6.20. The lowest BCUT2D eigenvalue weighted by atomic mass is 10.0. The quantitative estimate of drug-likeness (QED) is 0.877. The number of carboxylic acid groups (broad SMARTS) is 1. The van der Waals surface area contributed by atoms with E-state index < -0.39 is 5.97 Å². The summed E-state index contributed by atoms with van der Waals surface area (Å²) in [7, 11) is 0. The van der Waals surface area contributed by atoms with Crippen LogP contribution in [0.5, 0.6) is 0 Å². The van der Waals surface area contributed by atoms with Crippen LogP contribution in [-0.2, 0) is 6.54 Å². The first-order chi connectivity index (χ1) is 9.49. The summed E-state index contributed by atoms with van der Waals surface area (Å²) >= 11 is 1.33. The molecule has 0 aliphatic carbocycles. The number of hydrogen-bond acceptors (Lipinski definition) is 3. The van der Waals surface area contributed by atoms with Crippen LogP contribution in [0.1, 0.15) is 44.2 Å². The van der Waals surface area contributed by atoms with E-state index in [9.17, 15) is 4.79 Å². The molecule has 0 bridgehead atoms. The first-order valence-corrected chi connectivity index (χ1v) is 7.42. The van der Waals surface area contributed by atoms with Crippen molar-refractivity contribution in [2.45, 2.75) is 33.4 Å². The standard InChI is InChI=1S/C16H19NO2S/c1-10-6-4-5-7-14(10)11(2)17-9-13-8-15(16(18)19)20-12(13)3/h4-8,11,17H,9H2,1-3H3,(H,18,19)/t11-/m0/s1. The van der Waals surface area contributed by atoms with Gasteiger partial charge in [0.15, 0.2) is 0 Å².